The lowest BCUT2D eigenvalue weighted by molar-refractivity contribution is -0.137. The van der Waals surface area contributed by atoms with E-state index in [1.165, 1.54) is 24.3 Å². The Morgan fingerprint density at radius 1 is 0.889 bits per heavy atom. The van der Waals surface area contributed by atoms with Gasteiger partial charge in [0.2, 0.25) is 0 Å². The van der Waals surface area contributed by atoms with Crippen molar-refractivity contribution in [2.75, 3.05) is 5.73 Å². The van der Waals surface area contributed by atoms with Crippen LogP contribution in [0.3, 0.4) is 0 Å². The Morgan fingerprint density at radius 2 is 1.44 bits per heavy atom. The smallest absolute Gasteiger partial charge is 0.416 e. The molecule has 0 bridgehead atoms. The lowest BCUT2D eigenvalue weighted by atomic mass is 10.0. The maximum atomic E-state index is 12.4. The van der Waals surface area contributed by atoms with Crippen LogP contribution in [0.4, 0.5) is 18.9 Å². The summed E-state index contributed by atoms with van der Waals surface area (Å²) in [6, 6.07) is 9.27. The highest BCUT2D eigenvalue weighted by molar-refractivity contribution is 5.70. The topological polar surface area (TPSA) is 46.2 Å². The summed E-state index contributed by atoms with van der Waals surface area (Å²) in [6.45, 7) is 0. The maximum absolute atomic E-state index is 12.4. The number of benzene rings is 2. The zero-order valence-corrected chi connectivity index (χ0v) is 9.20. The summed E-state index contributed by atoms with van der Waals surface area (Å²) >= 11 is 0. The molecular weight excluding hydrogens is 243 g/mol. The van der Waals surface area contributed by atoms with Gasteiger partial charge in [0.25, 0.3) is 0 Å². The molecule has 2 rings (SSSR count). The first-order chi connectivity index (χ1) is 8.38. The summed E-state index contributed by atoms with van der Waals surface area (Å²) < 4.78 is 37.2. The molecule has 0 atom stereocenters. The summed E-state index contributed by atoms with van der Waals surface area (Å²) in [5, 5.41) is 9.27. The zero-order chi connectivity index (χ0) is 13.3. The number of nitrogens with two attached hydrogens (primary N) is 1. The number of hydrogen-bond donors (Lipinski definition) is 2. The first-order valence-electron chi connectivity index (χ1n) is 5.14. The predicted octanol–water partition coefficient (Wildman–Crippen LogP) is 3.66. The molecule has 2 nitrogen and oxygen atoms in total. The summed E-state index contributed by atoms with van der Waals surface area (Å²) in [5.41, 5.74) is 6.28. The van der Waals surface area contributed by atoms with E-state index in [0.717, 1.165) is 12.1 Å². The quantitative estimate of drug-likeness (QED) is 0.601. The summed E-state index contributed by atoms with van der Waals surface area (Å²) in [4.78, 5) is 0. The normalized spacial score (nSPS) is 11.5. The lowest BCUT2D eigenvalue weighted by Gasteiger charge is -2.08. The van der Waals surface area contributed by atoms with Gasteiger partial charge in [0.05, 0.1) is 11.3 Å². The molecule has 0 saturated carbocycles. The molecule has 2 aromatic rings. The molecule has 0 heterocycles. The second-order valence-corrected chi connectivity index (χ2v) is 3.85. The summed E-state index contributed by atoms with van der Waals surface area (Å²) in [7, 11) is 0. The van der Waals surface area contributed by atoms with Crippen LogP contribution in [0.5, 0.6) is 5.75 Å². The minimum absolute atomic E-state index is 0.0503. The van der Waals surface area contributed by atoms with Gasteiger partial charge in [0.1, 0.15) is 5.75 Å². The van der Waals surface area contributed by atoms with E-state index >= 15 is 0 Å². The van der Waals surface area contributed by atoms with E-state index in [1.807, 2.05) is 0 Å². The van der Waals surface area contributed by atoms with Crippen molar-refractivity contribution < 1.29 is 18.3 Å². The molecule has 0 aliphatic rings. The first-order valence-corrected chi connectivity index (χ1v) is 5.14. The Labute approximate surface area is 101 Å². The Hall–Kier alpha value is -2.17. The van der Waals surface area contributed by atoms with Crippen molar-refractivity contribution in [2.45, 2.75) is 6.18 Å². The molecule has 0 spiro atoms. The minimum Gasteiger partial charge on any atom is -0.506 e. The maximum Gasteiger partial charge on any atom is 0.416 e. The van der Waals surface area contributed by atoms with Crippen LogP contribution < -0.4 is 5.73 Å². The average molecular weight is 253 g/mol. The van der Waals surface area contributed by atoms with Gasteiger partial charge >= 0.3 is 6.18 Å². The Balaban J connectivity index is 2.37. The number of anilines is 1. The van der Waals surface area contributed by atoms with Crippen LogP contribution in [-0.4, -0.2) is 5.11 Å². The third-order valence-corrected chi connectivity index (χ3v) is 2.57. The van der Waals surface area contributed by atoms with Crippen LogP contribution in [0, 0.1) is 0 Å². The second-order valence-electron chi connectivity index (χ2n) is 3.85. The molecule has 0 unspecified atom stereocenters. The number of hydrogen-bond acceptors (Lipinski definition) is 2. The van der Waals surface area contributed by atoms with Crippen molar-refractivity contribution >= 4 is 5.69 Å². The fourth-order valence-electron chi connectivity index (χ4n) is 1.59. The third-order valence-electron chi connectivity index (χ3n) is 2.57. The van der Waals surface area contributed by atoms with Gasteiger partial charge < -0.3 is 10.8 Å². The molecule has 0 amide bonds. The van der Waals surface area contributed by atoms with Crippen LogP contribution in [0.2, 0.25) is 0 Å². The van der Waals surface area contributed by atoms with Crippen molar-refractivity contribution in [2.24, 2.45) is 0 Å². The summed E-state index contributed by atoms with van der Waals surface area (Å²) in [5.74, 6) is -0.0503. The van der Waals surface area contributed by atoms with Gasteiger partial charge in [0.15, 0.2) is 0 Å². The van der Waals surface area contributed by atoms with Crippen molar-refractivity contribution in [3.63, 3.8) is 0 Å². The molecule has 0 fully saturated rings. The third kappa shape index (κ3) is 2.40. The van der Waals surface area contributed by atoms with Gasteiger partial charge in [-0.3, -0.25) is 0 Å². The molecule has 0 aliphatic carbocycles. The fourth-order valence-corrected chi connectivity index (χ4v) is 1.59. The lowest BCUT2D eigenvalue weighted by Crippen LogP contribution is -2.03. The van der Waals surface area contributed by atoms with E-state index in [0.29, 0.717) is 11.1 Å². The van der Waals surface area contributed by atoms with Crippen LogP contribution >= 0.6 is 0 Å². The molecule has 0 aromatic heterocycles. The van der Waals surface area contributed by atoms with E-state index in [4.69, 9.17) is 5.73 Å². The van der Waals surface area contributed by atoms with Gasteiger partial charge in [0, 0.05) is 0 Å². The highest BCUT2D eigenvalue weighted by Crippen LogP contribution is 2.32. The van der Waals surface area contributed by atoms with Gasteiger partial charge in [-0.2, -0.15) is 13.2 Å². The number of aromatic hydroxyl groups is 1. The molecule has 0 radical (unpaired) electrons. The average Bonchev–Trinajstić information content (AvgIpc) is 2.32. The van der Waals surface area contributed by atoms with Gasteiger partial charge in [-0.05, 0) is 35.4 Å². The molecule has 0 aliphatic heterocycles. The SMILES string of the molecule is Nc1cc(-c2ccc(C(F)(F)F)cc2)ccc1O. The number of nitrogen functional groups attached to an aromatic ring is 1. The molecule has 2 aromatic carbocycles. The largest absolute Gasteiger partial charge is 0.506 e. The van der Waals surface area contributed by atoms with E-state index in [1.54, 1.807) is 6.07 Å². The van der Waals surface area contributed by atoms with Gasteiger partial charge in [-0.15, -0.1) is 0 Å². The molecule has 3 N–H and O–H groups in total. The van der Waals surface area contributed by atoms with E-state index in [2.05, 4.69) is 0 Å². The van der Waals surface area contributed by atoms with Crippen LogP contribution in [0.15, 0.2) is 42.5 Å². The Morgan fingerprint density at radius 3 is 1.94 bits per heavy atom. The van der Waals surface area contributed by atoms with Crippen LogP contribution in [0.25, 0.3) is 11.1 Å². The number of phenols is 1. The zero-order valence-electron chi connectivity index (χ0n) is 9.20. The van der Waals surface area contributed by atoms with E-state index < -0.39 is 11.7 Å². The Kier molecular flexibility index (Phi) is 2.90. The summed E-state index contributed by atoms with van der Waals surface area (Å²) in [6.07, 6.45) is -4.34. The van der Waals surface area contributed by atoms with Crippen molar-refractivity contribution in [1.82, 2.24) is 0 Å². The van der Waals surface area contributed by atoms with E-state index in [9.17, 15) is 18.3 Å². The van der Waals surface area contributed by atoms with Gasteiger partial charge in [-0.25, -0.2) is 0 Å². The second kappa shape index (κ2) is 4.25. The molecule has 5 heteroatoms. The standard InChI is InChI=1S/C13H10F3NO/c14-13(15,16)10-4-1-8(2-5-10)9-3-6-12(18)11(17)7-9/h1-7,18H,17H2. The monoisotopic (exact) mass is 253 g/mol. The fraction of sp³-hybridized carbons (Fsp3) is 0.0769. The minimum atomic E-state index is -4.34. The number of rotatable bonds is 1. The van der Waals surface area contributed by atoms with Crippen molar-refractivity contribution in [1.29, 1.82) is 0 Å². The number of phenolic OH excluding ortho intramolecular Hbond substituents is 1. The van der Waals surface area contributed by atoms with Gasteiger partial charge in [-0.1, -0.05) is 18.2 Å². The van der Waals surface area contributed by atoms with Crippen LogP contribution in [-0.2, 0) is 6.18 Å². The Bertz CT molecular complexity index is 561. The number of alkyl halides is 3. The molecular formula is C13H10F3NO. The number of halogens is 3. The molecule has 18 heavy (non-hydrogen) atoms. The van der Waals surface area contributed by atoms with Crippen LogP contribution in [0.1, 0.15) is 5.56 Å². The molecule has 0 saturated heterocycles. The molecule has 94 valence electrons. The predicted molar refractivity (Wildman–Crippen MR) is 63.0 cm³/mol. The first kappa shape index (κ1) is 12.3. The highest BCUT2D eigenvalue weighted by Gasteiger charge is 2.29. The highest BCUT2D eigenvalue weighted by atomic mass is 19.4. The van der Waals surface area contributed by atoms with Crippen molar-refractivity contribution in [3.05, 3.63) is 48.0 Å². The van der Waals surface area contributed by atoms with E-state index in [-0.39, 0.29) is 11.4 Å². The van der Waals surface area contributed by atoms with Crippen molar-refractivity contribution in [3.8, 4) is 16.9 Å².